The summed E-state index contributed by atoms with van der Waals surface area (Å²) in [5.74, 6) is 0.956. The van der Waals surface area contributed by atoms with Gasteiger partial charge in [-0.1, -0.05) is 0 Å². The van der Waals surface area contributed by atoms with E-state index in [9.17, 15) is 0 Å². The van der Waals surface area contributed by atoms with E-state index in [4.69, 9.17) is 0 Å². The first kappa shape index (κ1) is 8.04. The van der Waals surface area contributed by atoms with E-state index in [0.29, 0.717) is 0 Å². The summed E-state index contributed by atoms with van der Waals surface area (Å²) in [5, 5.41) is 0. The van der Waals surface area contributed by atoms with Crippen molar-refractivity contribution in [1.82, 2.24) is 14.5 Å². The zero-order valence-electron chi connectivity index (χ0n) is 8.02. The van der Waals surface area contributed by atoms with Crippen LogP contribution < -0.4 is 4.90 Å². The zero-order valence-corrected chi connectivity index (χ0v) is 8.02. The van der Waals surface area contributed by atoms with Crippen LogP contribution in [0.15, 0.2) is 18.6 Å². The number of aromatic nitrogens is 3. The third-order valence-corrected chi connectivity index (χ3v) is 2.06. The van der Waals surface area contributed by atoms with E-state index in [1.807, 2.05) is 42.9 Å². The monoisotopic (exact) mass is 176 g/mol. The Kier molecular flexibility index (Phi) is 1.69. The van der Waals surface area contributed by atoms with Crippen LogP contribution in [0.1, 0.15) is 0 Å². The lowest BCUT2D eigenvalue weighted by atomic mass is 10.4. The van der Waals surface area contributed by atoms with Gasteiger partial charge in [-0.3, -0.25) is 0 Å². The highest BCUT2D eigenvalue weighted by molar-refractivity contribution is 5.86. The molecule has 0 aromatic carbocycles. The second-order valence-electron chi connectivity index (χ2n) is 3.25. The number of rotatable bonds is 1. The number of fused-ring (bicyclic) bond motifs is 1. The lowest BCUT2D eigenvalue weighted by molar-refractivity contribution is 0.949. The Labute approximate surface area is 76.8 Å². The van der Waals surface area contributed by atoms with Crippen LogP contribution in [0.25, 0.3) is 11.0 Å². The maximum atomic E-state index is 4.23. The average molecular weight is 176 g/mol. The van der Waals surface area contributed by atoms with Crippen LogP contribution >= 0.6 is 0 Å². The van der Waals surface area contributed by atoms with Crippen LogP contribution in [0.2, 0.25) is 0 Å². The Morgan fingerprint density at radius 1 is 1.31 bits per heavy atom. The summed E-state index contributed by atoms with van der Waals surface area (Å²) in [6, 6.07) is 1.99. The van der Waals surface area contributed by atoms with Gasteiger partial charge in [-0.05, 0) is 6.07 Å². The molecule has 0 saturated carbocycles. The molecular formula is C9H12N4. The molecule has 0 atom stereocenters. The smallest absolute Gasteiger partial charge is 0.156 e. The van der Waals surface area contributed by atoms with Gasteiger partial charge in [0.2, 0.25) is 0 Å². The van der Waals surface area contributed by atoms with E-state index in [-0.39, 0.29) is 0 Å². The van der Waals surface area contributed by atoms with Crippen molar-refractivity contribution in [2.24, 2.45) is 7.05 Å². The summed E-state index contributed by atoms with van der Waals surface area (Å²) in [4.78, 5) is 10.4. The van der Waals surface area contributed by atoms with Crippen LogP contribution in [-0.4, -0.2) is 28.6 Å². The summed E-state index contributed by atoms with van der Waals surface area (Å²) in [6.45, 7) is 0. The Morgan fingerprint density at radius 3 is 2.77 bits per heavy atom. The predicted molar refractivity (Wildman–Crippen MR) is 52.8 cm³/mol. The number of nitrogens with zero attached hydrogens (tertiary/aromatic N) is 4. The second-order valence-corrected chi connectivity index (χ2v) is 3.25. The molecule has 0 radical (unpaired) electrons. The first-order valence-electron chi connectivity index (χ1n) is 4.13. The molecule has 0 aliphatic carbocycles. The molecule has 0 aliphatic heterocycles. The van der Waals surface area contributed by atoms with Crippen LogP contribution in [-0.2, 0) is 7.05 Å². The fourth-order valence-electron chi connectivity index (χ4n) is 1.43. The number of hydrogen-bond donors (Lipinski definition) is 0. The van der Waals surface area contributed by atoms with Crippen molar-refractivity contribution in [3.63, 3.8) is 0 Å². The van der Waals surface area contributed by atoms with Gasteiger partial charge in [-0.2, -0.15) is 0 Å². The molecule has 2 aromatic heterocycles. The van der Waals surface area contributed by atoms with Gasteiger partial charge in [-0.25, -0.2) is 9.97 Å². The van der Waals surface area contributed by atoms with Crippen LogP contribution in [0, 0.1) is 0 Å². The van der Waals surface area contributed by atoms with E-state index in [1.54, 1.807) is 6.33 Å². The first-order valence-corrected chi connectivity index (χ1v) is 4.13. The fraction of sp³-hybridized carbons (Fsp3) is 0.333. The molecule has 0 aliphatic rings. The Bertz CT molecular complexity index is 430. The lowest BCUT2D eigenvalue weighted by Gasteiger charge is -2.12. The van der Waals surface area contributed by atoms with Gasteiger partial charge in [0.25, 0.3) is 0 Å². The summed E-state index contributed by atoms with van der Waals surface area (Å²) in [7, 11) is 5.96. The Balaban J connectivity index is 2.80. The molecule has 0 fully saturated rings. The topological polar surface area (TPSA) is 34.0 Å². The molecule has 68 valence electrons. The van der Waals surface area contributed by atoms with Gasteiger partial charge in [0.15, 0.2) is 5.82 Å². The molecule has 0 N–H and O–H groups in total. The summed E-state index contributed by atoms with van der Waals surface area (Å²) in [5.41, 5.74) is 2.06. The summed E-state index contributed by atoms with van der Waals surface area (Å²) >= 11 is 0. The van der Waals surface area contributed by atoms with Crippen molar-refractivity contribution in [3.05, 3.63) is 18.6 Å². The molecule has 2 heterocycles. The molecule has 2 aromatic rings. The highest BCUT2D eigenvalue weighted by Gasteiger charge is 2.07. The highest BCUT2D eigenvalue weighted by atomic mass is 15.2. The van der Waals surface area contributed by atoms with E-state index < -0.39 is 0 Å². The number of aryl methyl sites for hydroxylation is 1. The van der Waals surface area contributed by atoms with Gasteiger partial charge in [0.05, 0.1) is 5.52 Å². The van der Waals surface area contributed by atoms with Crippen molar-refractivity contribution < 1.29 is 0 Å². The zero-order chi connectivity index (χ0) is 9.42. The number of hydrogen-bond acceptors (Lipinski definition) is 3. The van der Waals surface area contributed by atoms with Gasteiger partial charge in [0.1, 0.15) is 11.8 Å². The summed E-state index contributed by atoms with van der Waals surface area (Å²) < 4.78 is 2.03. The third-order valence-electron chi connectivity index (χ3n) is 2.06. The van der Waals surface area contributed by atoms with Crippen molar-refractivity contribution in [3.8, 4) is 0 Å². The van der Waals surface area contributed by atoms with E-state index >= 15 is 0 Å². The molecule has 0 amide bonds. The van der Waals surface area contributed by atoms with Gasteiger partial charge in [-0.15, -0.1) is 0 Å². The predicted octanol–water partition coefficient (Wildman–Crippen LogP) is 1.03. The van der Waals surface area contributed by atoms with Crippen LogP contribution in [0.3, 0.4) is 0 Å². The molecular weight excluding hydrogens is 164 g/mol. The largest absolute Gasteiger partial charge is 0.361 e. The molecule has 13 heavy (non-hydrogen) atoms. The minimum Gasteiger partial charge on any atom is -0.361 e. The van der Waals surface area contributed by atoms with Gasteiger partial charge in [0, 0.05) is 27.3 Å². The first-order chi connectivity index (χ1) is 6.20. The molecule has 4 nitrogen and oxygen atoms in total. The standard InChI is InChI=1S/C9H12N4/c1-12(2)9-8-7(10-6-11-9)4-5-13(8)3/h4-6H,1-3H3. The van der Waals surface area contributed by atoms with E-state index in [2.05, 4.69) is 9.97 Å². The second kappa shape index (κ2) is 2.73. The van der Waals surface area contributed by atoms with Crippen molar-refractivity contribution in [1.29, 1.82) is 0 Å². The molecule has 2 rings (SSSR count). The fourth-order valence-corrected chi connectivity index (χ4v) is 1.43. The average Bonchev–Trinajstić information content (AvgIpc) is 2.48. The van der Waals surface area contributed by atoms with Crippen molar-refractivity contribution in [2.45, 2.75) is 0 Å². The van der Waals surface area contributed by atoms with E-state index in [0.717, 1.165) is 16.9 Å². The molecule has 0 unspecified atom stereocenters. The minimum absolute atomic E-state index is 0.956. The van der Waals surface area contributed by atoms with E-state index in [1.165, 1.54) is 0 Å². The molecule has 4 heteroatoms. The van der Waals surface area contributed by atoms with Crippen molar-refractivity contribution in [2.75, 3.05) is 19.0 Å². The van der Waals surface area contributed by atoms with Crippen LogP contribution in [0.5, 0.6) is 0 Å². The SMILES string of the molecule is CN(C)c1ncnc2ccn(C)c12. The van der Waals surface area contributed by atoms with Gasteiger partial charge >= 0.3 is 0 Å². The molecule has 0 spiro atoms. The minimum atomic E-state index is 0.956. The quantitative estimate of drug-likeness (QED) is 0.651. The Morgan fingerprint density at radius 2 is 2.08 bits per heavy atom. The highest BCUT2D eigenvalue weighted by Crippen LogP contribution is 2.20. The normalized spacial score (nSPS) is 10.7. The lowest BCUT2D eigenvalue weighted by Crippen LogP contribution is -2.12. The molecule has 0 saturated heterocycles. The third kappa shape index (κ3) is 1.14. The van der Waals surface area contributed by atoms with Gasteiger partial charge < -0.3 is 9.47 Å². The molecule has 0 bridgehead atoms. The summed E-state index contributed by atoms with van der Waals surface area (Å²) in [6.07, 6.45) is 3.59. The Hall–Kier alpha value is -1.58. The maximum Gasteiger partial charge on any atom is 0.156 e. The maximum absolute atomic E-state index is 4.23. The van der Waals surface area contributed by atoms with Crippen molar-refractivity contribution >= 4 is 16.9 Å². The van der Waals surface area contributed by atoms with Crippen LogP contribution in [0.4, 0.5) is 5.82 Å². The number of anilines is 1.